The Morgan fingerprint density at radius 1 is 1.21 bits per heavy atom. The summed E-state index contributed by atoms with van der Waals surface area (Å²) in [5.74, 6) is 0.567. The highest BCUT2D eigenvalue weighted by Crippen LogP contribution is 2.36. The van der Waals surface area contributed by atoms with E-state index in [0.29, 0.717) is 72.2 Å². The van der Waals surface area contributed by atoms with Crippen molar-refractivity contribution in [1.29, 1.82) is 0 Å². The summed E-state index contributed by atoms with van der Waals surface area (Å²) in [7, 11) is 1.52. The van der Waals surface area contributed by atoms with E-state index >= 15 is 0 Å². The van der Waals surface area contributed by atoms with Gasteiger partial charge in [-0.25, -0.2) is 9.78 Å². The van der Waals surface area contributed by atoms with Gasteiger partial charge in [0.25, 0.3) is 0 Å². The predicted octanol–water partition coefficient (Wildman–Crippen LogP) is 2.42. The molecule has 5 heterocycles. The molecule has 3 aliphatic heterocycles. The Morgan fingerprint density at radius 3 is 2.92 bits per heavy atom. The van der Waals surface area contributed by atoms with Crippen LogP contribution in [0.3, 0.4) is 0 Å². The van der Waals surface area contributed by atoms with Crippen LogP contribution in [-0.2, 0) is 9.53 Å². The lowest BCUT2D eigenvalue weighted by Crippen LogP contribution is -2.35. The molecule has 12 heteroatoms. The Balaban J connectivity index is 1.08. The van der Waals surface area contributed by atoms with Crippen LogP contribution < -0.4 is 15.0 Å². The van der Waals surface area contributed by atoms with E-state index in [2.05, 4.69) is 20.2 Å². The van der Waals surface area contributed by atoms with E-state index < -0.39 is 18.3 Å². The summed E-state index contributed by atoms with van der Waals surface area (Å²) in [4.78, 5) is 37.9. The monoisotopic (exact) mass is 551 g/mol. The van der Waals surface area contributed by atoms with Crippen molar-refractivity contribution in [3.8, 4) is 5.88 Å². The number of methoxy groups -OCH3 is 1. The normalized spacial score (nSPS) is 22.9. The summed E-state index contributed by atoms with van der Waals surface area (Å²) in [6, 6.07) is 10.7. The zero-order valence-electron chi connectivity index (χ0n) is 21.3. The summed E-state index contributed by atoms with van der Waals surface area (Å²) < 4.78 is 10.9. The fraction of sp³-hybridized carbons (Fsp3) is 0.407. The van der Waals surface area contributed by atoms with Crippen molar-refractivity contribution < 1.29 is 29.3 Å². The molecular formula is C27H29N5O6S. The van der Waals surface area contributed by atoms with E-state index in [9.17, 15) is 19.8 Å². The molecule has 3 aromatic rings. The SMILES string of the molecule is COc1ccc2nccc([C@@H](O)[C@H](O)C3CCN(C[C@@H]4CN(c5ccc6c(c5)NC(=O)CS6)C(=O)O4)C3)c2n1. The van der Waals surface area contributed by atoms with Crippen molar-refractivity contribution in [2.75, 3.05) is 49.3 Å². The van der Waals surface area contributed by atoms with Crippen molar-refractivity contribution in [3.05, 3.63) is 48.2 Å². The molecule has 204 valence electrons. The van der Waals surface area contributed by atoms with Crippen molar-refractivity contribution >= 4 is 46.2 Å². The molecule has 2 fully saturated rings. The maximum atomic E-state index is 12.7. The molecule has 39 heavy (non-hydrogen) atoms. The molecular weight excluding hydrogens is 522 g/mol. The maximum Gasteiger partial charge on any atom is 0.414 e. The van der Waals surface area contributed by atoms with E-state index in [0.717, 1.165) is 4.90 Å². The van der Waals surface area contributed by atoms with E-state index in [1.807, 2.05) is 12.1 Å². The number of fused-ring (bicyclic) bond motifs is 2. The number of aromatic nitrogens is 2. The smallest absolute Gasteiger partial charge is 0.414 e. The Morgan fingerprint density at radius 2 is 2.08 bits per heavy atom. The fourth-order valence-corrected chi connectivity index (χ4v) is 6.27. The minimum absolute atomic E-state index is 0.0597. The van der Waals surface area contributed by atoms with Gasteiger partial charge in [-0.15, -0.1) is 11.8 Å². The van der Waals surface area contributed by atoms with Gasteiger partial charge in [0.1, 0.15) is 12.2 Å². The number of amides is 2. The summed E-state index contributed by atoms with van der Waals surface area (Å²) in [6.07, 6.45) is -0.599. The lowest BCUT2D eigenvalue weighted by Gasteiger charge is -2.25. The van der Waals surface area contributed by atoms with E-state index in [1.165, 1.54) is 18.9 Å². The van der Waals surface area contributed by atoms with Crippen LogP contribution in [0, 0.1) is 5.92 Å². The van der Waals surface area contributed by atoms with E-state index in [4.69, 9.17) is 9.47 Å². The number of nitrogens with zero attached hydrogens (tertiary/aromatic N) is 4. The highest BCUT2D eigenvalue weighted by Gasteiger charge is 2.38. The third-order valence-electron chi connectivity index (χ3n) is 7.48. The van der Waals surface area contributed by atoms with Gasteiger partial charge in [0, 0.05) is 47.4 Å². The van der Waals surface area contributed by atoms with Gasteiger partial charge in [-0.3, -0.25) is 19.6 Å². The molecule has 0 aliphatic carbocycles. The van der Waals surface area contributed by atoms with Crippen molar-refractivity contribution in [1.82, 2.24) is 14.9 Å². The number of nitrogens with one attached hydrogen (secondary N) is 1. The molecule has 4 atom stereocenters. The van der Waals surface area contributed by atoms with Gasteiger partial charge >= 0.3 is 6.09 Å². The first kappa shape index (κ1) is 25.8. The summed E-state index contributed by atoms with van der Waals surface area (Å²) in [5, 5.41) is 25.1. The van der Waals surface area contributed by atoms with Crippen LogP contribution in [0.5, 0.6) is 5.88 Å². The predicted molar refractivity (Wildman–Crippen MR) is 145 cm³/mol. The first-order chi connectivity index (χ1) is 18.9. The quantitative estimate of drug-likeness (QED) is 0.401. The van der Waals surface area contributed by atoms with Crippen molar-refractivity contribution in [3.63, 3.8) is 0 Å². The molecule has 1 aromatic carbocycles. The number of carbonyl (C=O) groups is 2. The van der Waals surface area contributed by atoms with Crippen LogP contribution in [0.25, 0.3) is 11.0 Å². The molecule has 2 amide bonds. The number of hydrogen-bond donors (Lipinski definition) is 3. The van der Waals surface area contributed by atoms with Crippen LogP contribution >= 0.6 is 11.8 Å². The standard InChI is InChI=1S/C27H29N5O6S/c1-37-23-5-3-19-24(30-23)18(6-8-28-19)26(35)25(34)15-7-9-31(11-15)12-17-13-32(27(36)38-17)16-2-4-21-20(10-16)29-22(33)14-39-21/h2-6,8,10,15,17,25-26,34-35H,7,9,11-14H2,1H3,(H,29,33)/t15?,17-,25-,26-/m1/s1. The molecule has 0 radical (unpaired) electrons. The van der Waals surface area contributed by atoms with Crippen LogP contribution in [0.15, 0.2) is 47.5 Å². The van der Waals surface area contributed by atoms with Crippen LogP contribution in [0.2, 0.25) is 0 Å². The zero-order valence-corrected chi connectivity index (χ0v) is 22.1. The lowest BCUT2D eigenvalue weighted by atomic mass is 9.92. The molecule has 0 saturated carbocycles. The summed E-state index contributed by atoms with van der Waals surface area (Å²) in [6.45, 7) is 2.19. The number of pyridine rings is 2. The molecule has 3 N–H and O–H groups in total. The van der Waals surface area contributed by atoms with Gasteiger partial charge in [-0.1, -0.05) is 0 Å². The number of benzene rings is 1. The largest absolute Gasteiger partial charge is 0.481 e. The maximum absolute atomic E-state index is 12.7. The van der Waals surface area contributed by atoms with Gasteiger partial charge in [0.2, 0.25) is 11.8 Å². The van der Waals surface area contributed by atoms with Gasteiger partial charge in [0.15, 0.2) is 0 Å². The molecule has 0 spiro atoms. The number of thioether (sulfide) groups is 1. The highest BCUT2D eigenvalue weighted by molar-refractivity contribution is 8.00. The second kappa shape index (κ2) is 10.6. The Kier molecular flexibility index (Phi) is 7.02. The molecule has 11 nitrogen and oxygen atoms in total. The third-order valence-corrected chi connectivity index (χ3v) is 8.55. The van der Waals surface area contributed by atoms with Crippen molar-refractivity contribution in [2.24, 2.45) is 5.92 Å². The molecule has 2 saturated heterocycles. The first-order valence-corrected chi connectivity index (χ1v) is 13.8. The van der Waals surface area contributed by atoms with Crippen LogP contribution in [0.1, 0.15) is 18.1 Å². The molecule has 0 bridgehead atoms. The lowest BCUT2D eigenvalue weighted by molar-refractivity contribution is -0.113. The topological polar surface area (TPSA) is 137 Å². The average molecular weight is 552 g/mol. The molecule has 2 aromatic heterocycles. The van der Waals surface area contributed by atoms with Crippen molar-refractivity contribution in [2.45, 2.75) is 29.6 Å². The van der Waals surface area contributed by atoms with E-state index in [-0.39, 0.29) is 17.9 Å². The molecule has 1 unspecified atom stereocenters. The van der Waals surface area contributed by atoms with Gasteiger partial charge in [-0.2, -0.15) is 0 Å². The number of ether oxygens (including phenoxy) is 2. The average Bonchev–Trinajstić information content (AvgIpc) is 3.57. The molecule has 3 aliphatic rings. The minimum Gasteiger partial charge on any atom is -0.481 e. The first-order valence-electron chi connectivity index (χ1n) is 12.8. The minimum atomic E-state index is -1.14. The summed E-state index contributed by atoms with van der Waals surface area (Å²) in [5.41, 5.74) is 2.99. The Hall–Kier alpha value is -3.45. The second-order valence-electron chi connectivity index (χ2n) is 10.00. The molecule has 6 rings (SSSR count). The van der Waals surface area contributed by atoms with Crippen LogP contribution in [0.4, 0.5) is 16.2 Å². The summed E-state index contributed by atoms with van der Waals surface area (Å²) >= 11 is 1.47. The Bertz CT molecular complexity index is 1420. The second-order valence-corrected chi connectivity index (χ2v) is 11.0. The number of rotatable bonds is 7. The Labute approximate surface area is 229 Å². The fourth-order valence-electron chi connectivity index (χ4n) is 5.48. The number of likely N-dealkylation sites (tertiary alicyclic amines) is 1. The number of anilines is 2. The highest BCUT2D eigenvalue weighted by atomic mass is 32.2. The number of hydrogen-bond acceptors (Lipinski definition) is 10. The van der Waals surface area contributed by atoms with Gasteiger partial charge in [-0.05, 0) is 43.3 Å². The number of carbonyl (C=O) groups excluding carboxylic acids is 2. The van der Waals surface area contributed by atoms with Gasteiger partial charge in [0.05, 0.1) is 42.2 Å². The third kappa shape index (κ3) is 5.12. The van der Waals surface area contributed by atoms with E-state index in [1.54, 1.807) is 35.4 Å². The van der Waals surface area contributed by atoms with Gasteiger partial charge < -0.3 is 25.0 Å². The number of aliphatic hydroxyl groups is 2. The zero-order chi connectivity index (χ0) is 27.1. The number of cyclic esters (lactones) is 1. The van der Waals surface area contributed by atoms with Crippen LogP contribution in [-0.4, -0.2) is 88.3 Å². The number of aliphatic hydroxyl groups excluding tert-OH is 2.